The molecule has 19 heavy (non-hydrogen) atoms. The maximum Gasteiger partial charge on any atom is 0.327 e. The smallest absolute Gasteiger partial charge is 0.327 e. The van der Waals surface area contributed by atoms with Gasteiger partial charge in [0.05, 0.1) is 12.1 Å². The van der Waals surface area contributed by atoms with Crippen LogP contribution in [-0.2, 0) is 16.1 Å². The lowest BCUT2D eigenvalue weighted by Crippen LogP contribution is -2.15. The van der Waals surface area contributed by atoms with Crippen LogP contribution in [0.4, 0.5) is 0 Å². The molecular weight excluding hydrogens is 314 g/mol. The molecule has 1 unspecified atom stereocenters. The summed E-state index contributed by atoms with van der Waals surface area (Å²) >= 11 is 3.36. The van der Waals surface area contributed by atoms with Crippen LogP contribution in [0.3, 0.4) is 0 Å². The summed E-state index contributed by atoms with van der Waals surface area (Å²) < 4.78 is 7.22. The van der Waals surface area contributed by atoms with Gasteiger partial charge in [0.15, 0.2) is 0 Å². The number of nitrogens with zero attached hydrogens (tertiary/aromatic N) is 2. The van der Waals surface area contributed by atoms with Crippen LogP contribution in [0.2, 0.25) is 0 Å². The average Bonchev–Trinajstić information content (AvgIpc) is 2.68. The Bertz CT molecular complexity index is 610. The van der Waals surface area contributed by atoms with Gasteiger partial charge in [-0.15, -0.1) is 0 Å². The predicted octanol–water partition coefficient (Wildman–Crippen LogP) is 1.31. The van der Waals surface area contributed by atoms with Crippen molar-refractivity contribution in [1.82, 2.24) is 9.78 Å². The highest BCUT2D eigenvalue weighted by Crippen LogP contribution is 2.25. The number of hydrogen-bond acceptors (Lipinski definition) is 5. The summed E-state index contributed by atoms with van der Waals surface area (Å²) in [6, 6.07) is 5.43. The SMILES string of the molecule is CCOC(=O)Cn1nc(C(N)O)c2ccc(Br)cc21. The standard InChI is InChI=1S/C12H14BrN3O3/c1-2-19-10(17)6-16-9-5-7(13)3-4-8(9)11(15-16)12(14)18/h3-5,12,18H,2,6,14H2,1H3. The number of carbonyl (C=O) groups excluding carboxylic acids is 1. The quantitative estimate of drug-likeness (QED) is 0.652. The maximum absolute atomic E-state index is 11.5. The molecule has 1 atom stereocenters. The molecule has 2 aromatic rings. The lowest BCUT2D eigenvalue weighted by Gasteiger charge is -2.03. The summed E-state index contributed by atoms with van der Waals surface area (Å²) in [4.78, 5) is 11.5. The lowest BCUT2D eigenvalue weighted by atomic mass is 10.2. The highest BCUT2D eigenvalue weighted by molar-refractivity contribution is 9.10. The van der Waals surface area contributed by atoms with Crippen molar-refractivity contribution in [3.05, 3.63) is 28.4 Å². The van der Waals surface area contributed by atoms with Crippen LogP contribution in [-0.4, -0.2) is 27.5 Å². The van der Waals surface area contributed by atoms with Gasteiger partial charge in [0.1, 0.15) is 18.5 Å². The lowest BCUT2D eigenvalue weighted by molar-refractivity contribution is -0.143. The number of nitrogens with two attached hydrogens (primary N) is 1. The van der Waals surface area contributed by atoms with Gasteiger partial charge in [-0.1, -0.05) is 15.9 Å². The molecule has 1 aromatic heterocycles. The van der Waals surface area contributed by atoms with E-state index in [0.29, 0.717) is 23.2 Å². The number of aromatic nitrogens is 2. The van der Waals surface area contributed by atoms with Crippen molar-refractivity contribution >= 4 is 32.8 Å². The second-order valence-electron chi connectivity index (χ2n) is 3.95. The van der Waals surface area contributed by atoms with Crippen molar-refractivity contribution in [1.29, 1.82) is 0 Å². The molecule has 0 radical (unpaired) electrons. The van der Waals surface area contributed by atoms with Gasteiger partial charge in [-0.2, -0.15) is 5.10 Å². The van der Waals surface area contributed by atoms with Gasteiger partial charge in [0, 0.05) is 9.86 Å². The van der Waals surface area contributed by atoms with Crippen LogP contribution in [0.1, 0.15) is 18.8 Å². The number of carbonyl (C=O) groups is 1. The summed E-state index contributed by atoms with van der Waals surface area (Å²) in [6.45, 7) is 2.03. The molecule has 6 nitrogen and oxygen atoms in total. The summed E-state index contributed by atoms with van der Waals surface area (Å²) in [5, 5.41) is 14.4. The molecule has 0 spiro atoms. The van der Waals surface area contributed by atoms with E-state index in [1.165, 1.54) is 4.68 Å². The Balaban J connectivity index is 2.48. The molecule has 0 saturated carbocycles. The summed E-state index contributed by atoms with van der Waals surface area (Å²) in [5.41, 5.74) is 6.52. The fraction of sp³-hybridized carbons (Fsp3) is 0.333. The fourth-order valence-electron chi connectivity index (χ4n) is 1.84. The van der Waals surface area contributed by atoms with E-state index in [9.17, 15) is 9.90 Å². The number of rotatable bonds is 4. The molecule has 0 fully saturated rings. The van der Waals surface area contributed by atoms with E-state index in [4.69, 9.17) is 10.5 Å². The molecule has 7 heteroatoms. The van der Waals surface area contributed by atoms with Crippen molar-refractivity contribution in [3.8, 4) is 0 Å². The van der Waals surface area contributed by atoms with Gasteiger partial charge in [0.2, 0.25) is 0 Å². The van der Waals surface area contributed by atoms with Gasteiger partial charge < -0.3 is 15.6 Å². The molecule has 0 bridgehead atoms. The normalized spacial score (nSPS) is 12.6. The van der Waals surface area contributed by atoms with Crippen LogP contribution >= 0.6 is 15.9 Å². The van der Waals surface area contributed by atoms with Crippen molar-refractivity contribution in [2.45, 2.75) is 19.7 Å². The third kappa shape index (κ3) is 2.94. The molecule has 1 aromatic carbocycles. The number of fused-ring (bicyclic) bond motifs is 1. The number of aliphatic hydroxyl groups is 1. The van der Waals surface area contributed by atoms with Crippen LogP contribution in [0.25, 0.3) is 10.9 Å². The molecule has 3 N–H and O–H groups in total. The van der Waals surface area contributed by atoms with E-state index in [0.717, 1.165) is 4.47 Å². The van der Waals surface area contributed by atoms with E-state index in [1.807, 2.05) is 12.1 Å². The van der Waals surface area contributed by atoms with Crippen LogP contribution < -0.4 is 5.73 Å². The summed E-state index contributed by atoms with van der Waals surface area (Å²) in [6.07, 6.45) is -1.19. The van der Waals surface area contributed by atoms with Gasteiger partial charge >= 0.3 is 5.97 Å². The second kappa shape index (κ2) is 5.68. The number of aliphatic hydroxyl groups excluding tert-OH is 1. The van der Waals surface area contributed by atoms with E-state index in [1.54, 1.807) is 13.0 Å². The monoisotopic (exact) mass is 327 g/mol. The Morgan fingerprint density at radius 1 is 1.63 bits per heavy atom. The van der Waals surface area contributed by atoms with Crippen molar-refractivity contribution in [2.75, 3.05) is 6.61 Å². The minimum Gasteiger partial charge on any atom is -0.465 e. The molecule has 1 heterocycles. The molecule has 0 aliphatic carbocycles. The molecular formula is C12H14BrN3O3. The van der Waals surface area contributed by atoms with Gasteiger partial charge in [0.25, 0.3) is 0 Å². The first-order chi connectivity index (χ1) is 9.02. The van der Waals surface area contributed by atoms with E-state index in [2.05, 4.69) is 21.0 Å². The van der Waals surface area contributed by atoms with Gasteiger partial charge in [-0.25, -0.2) is 0 Å². The molecule has 0 aliphatic heterocycles. The van der Waals surface area contributed by atoms with Crippen molar-refractivity contribution < 1.29 is 14.6 Å². The Kier molecular flexibility index (Phi) is 4.18. The molecule has 2 rings (SSSR count). The fourth-order valence-corrected chi connectivity index (χ4v) is 2.19. The topological polar surface area (TPSA) is 90.4 Å². The largest absolute Gasteiger partial charge is 0.465 e. The Labute approximate surface area is 118 Å². The zero-order valence-electron chi connectivity index (χ0n) is 10.3. The highest BCUT2D eigenvalue weighted by atomic mass is 79.9. The molecule has 0 aliphatic rings. The minimum atomic E-state index is -1.19. The Morgan fingerprint density at radius 2 is 2.37 bits per heavy atom. The number of hydrogen-bond donors (Lipinski definition) is 2. The average molecular weight is 328 g/mol. The van der Waals surface area contributed by atoms with Crippen LogP contribution in [0.5, 0.6) is 0 Å². The first-order valence-electron chi connectivity index (χ1n) is 5.78. The second-order valence-corrected chi connectivity index (χ2v) is 4.87. The molecule has 0 amide bonds. The first-order valence-corrected chi connectivity index (χ1v) is 6.57. The van der Waals surface area contributed by atoms with Gasteiger partial charge in [-0.05, 0) is 25.1 Å². The van der Waals surface area contributed by atoms with Crippen LogP contribution in [0.15, 0.2) is 22.7 Å². The highest BCUT2D eigenvalue weighted by Gasteiger charge is 2.16. The third-order valence-electron chi connectivity index (χ3n) is 2.61. The van der Waals surface area contributed by atoms with Crippen LogP contribution in [0, 0.1) is 0 Å². The van der Waals surface area contributed by atoms with Gasteiger partial charge in [-0.3, -0.25) is 9.48 Å². The zero-order chi connectivity index (χ0) is 14.0. The summed E-state index contributed by atoms with van der Waals surface area (Å²) in [7, 11) is 0. The predicted molar refractivity (Wildman–Crippen MR) is 73.2 cm³/mol. The van der Waals surface area contributed by atoms with E-state index < -0.39 is 6.23 Å². The first kappa shape index (κ1) is 14.0. The Hall–Kier alpha value is -1.44. The zero-order valence-corrected chi connectivity index (χ0v) is 11.9. The number of halogens is 1. The minimum absolute atomic E-state index is 0.0203. The molecule has 102 valence electrons. The number of benzene rings is 1. The Morgan fingerprint density at radius 3 is 3.00 bits per heavy atom. The maximum atomic E-state index is 11.5. The van der Waals surface area contributed by atoms with Crippen molar-refractivity contribution in [2.24, 2.45) is 5.73 Å². The van der Waals surface area contributed by atoms with E-state index >= 15 is 0 Å². The number of esters is 1. The third-order valence-corrected chi connectivity index (χ3v) is 3.10. The number of ether oxygens (including phenoxy) is 1. The van der Waals surface area contributed by atoms with Crippen molar-refractivity contribution in [3.63, 3.8) is 0 Å². The van der Waals surface area contributed by atoms with E-state index in [-0.39, 0.29) is 12.5 Å². The summed E-state index contributed by atoms with van der Waals surface area (Å²) in [5.74, 6) is -0.384. The molecule has 0 saturated heterocycles.